The summed E-state index contributed by atoms with van der Waals surface area (Å²) in [6.07, 6.45) is 0. The van der Waals surface area contributed by atoms with E-state index in [1.165, 1.54) is 0 Å². The van der Waals surface area contributed by atoms with Crippen molar-refractivity contribution in [2.24, 2.45) is 0 Å². The second-order valence-corrected chi connectivity index (χ2v) is 6.01. The van der Waals surface area contributed by atoms with Gasteiger partial charge >= 0.3 is 5.97 Å². The van der Waals surface area contributed by atoms with E-state index in [9.17, 15) is 4.79 Å². The lowest BCUT2D eigenvalue weighted by Gasteiger charge is -2.02. The number of nitrogens with two attached hydrogens (primary N) is 2. The number of carboxylic acid groups (broad SMARTS) is 1. The molecule has 0 atom stereocenters. The van der Waals surface area contributed by atoms with Gasteiger partial charge in [0.25, 0.3) is 5.22 Å². The molecule has 1 aromatic heterocycles. The SMILES string of the molecule is Nc1ccc(-c2nc(SCC(=O)O)oc2-c2ccc(N)cc2)cc1. The zero-order valence-electron chi connectivity index (χ0n) is 12.6. The minimum absolute atomic E-state index is 0.122. The van der Waals surface area contributed by atoms with Gasteiger partial charge in [-0.15, -0.1) is 0 Å². The van der Waals surface area contributed by atoms with E-state index >= 15 is 0 Å². The number of nitrogens with zero attached hydrogens (tertiary/aromatic N) is 1. The van der Waals surface area contributed by atoms with Gasteiger partial charge in [-0.2, -0.15) is 0 Å². The first kappa shape index (κ1) is 15.9. The number of nitrogen functional groups attached to an aromatic ring is 2. The van der Waals surface area contributed by atoms with Crippen molar-refractivity contribution < 1.29 is 14.3 Å². The molecule has 3 aromatic rings. The maximum atomic E-state index is 10.8. The predicted octanol–water partition coefficient (Wildman–Crippen LogP) is 3.35. The standard InChI is InChI=1S/C17H15N3O3S/c18-12-5-1-10(2-6-12)15-16(11-3-7-13(19)8-4-11)23-17(20-15)24-9-14(21)22/h1-8H,9,18-19H2,(H,21,22). The lowest BCUT2D eigenvalue weighted by molar-refractivity contribution is -0.133. The molecule has 0 unspecified atom stereocenters. The normalized spacial score (nSPS) is 10.7. The average molecular weight is 341 g/mol. The molecule has 0 fully saturated rings. The first-order valence-electron chi connectivity index (χ1n) is 7.10. The predicted molar refractivity (Wildman–Crippen MR) is 94.6 cm³/mol. The van der Waals surface area contributed by atoms with Gasteiger partial charge in [-0.3, -0.25) is 4.79 Å². The molecular weight excluding hydrogens is 326 g/mol. The van der Waals surface area contributed by atoms with Crippen molar-refractivity contribution in [3.8, 4) is 22.6 Å². The van der Waals surface area contributed by atoms with Gasteiger partial charge in [-0.1, -0.05) is 23.9 Å². The molecule has 1 heterocycles. The van der Waals surface area contributed by atoms with E-state index < -0.39 is 5.97 Å². The Morgan fingerprint density at radius 3 is 2.08 bits per heavy atom. The van der Waals surface area contributed by atoms with Crippen LogP contribution < -0.4 is 11.5 Å². The summed E-state index contributed by atoms with van der Waals surface area (Å²) in [4.78, 5) is 15.2. The van der Waals surface area contributed by atoms with Gasteiger partial charge in [0.05, 0.1) is 0 Å². The molecule has 3 rings (SSSR count). The summed E-state index contributed by atoms with van der Waals surface area (Å²) in [6, 6.07) is 14.5. The lowest BCUT2D eigenvalue weighted by Crippen LogP contribution is -1.97. The first-order valence-corrected chi connectivity index (χ1v) is 8.09. The van der Waals surface area contributed by atoms with Crippen LogP contribution >= 0.6 is 11.8 Å². The summed E-state index contributed by atoms with van der Waals surface area (Å²) in [5.74, 6) is -0.489. The molecule has 0 aliphatic heterocycles. The zero-order valence-corrected chi connectivity index (χ0v) is 13.4. The molecule has 0 saturated carbocycles. The van der Waals surface area contributed by atoms with E-state index in [0.29, 0.717) is 28.1 Å². The zero-order chi connectivity index (χ0) is 17.1. The Morgan fingerprint density at radius 1 is 1.00 bits per heavy atom. The molecule has 6 nitrogen and oxygen atoms in total. The molecule has 0 aliphatic carbocycles. The van der Waals surface area contributed by atoms with Crippen molar-refractivity contribution in [2.75, 3.05) is 17.2 Å². The van der Waals surface area contributed by atoms with E-state index in [0.717, 1.165) is 22.9 Å². The third kappa shape index (κ3) is 3.52. The van der Waals surface area contributed by atoms with Crippen LogP contribution in [0.4, 0.5) is 11.4 Å². The monoisotopic (exact) mass is 341 g/mol. The minimum Gasteiger partial charge on any atom is -0.481 e. The second-order valence-electron chi connectivity index (χ2n) is 5.08. The van der Waals surface area contributed by atoms with Crippen LogP contribution in [-0.4, -0.2) is 21.8 Å². The van der Waals surface area contributed by atoms with Crippen molar-refractivity contribution in [3.05, 3.63) is 48.5 Å². The van der Waals surface area contributed by atoms with Gasteiger partial charge in [0.2, 0.25) is 0 Å². The van der Waals surface area contributed by atoms with Gasteiger partial charge in [0.1, 0.15) is 11.4 Å². The van der Waals surface area contributed by atoms with E-state index in [1.54, 1.807) is 24.3 Å². The number of rotatable bonds is 5. The fourth-order valence-corrected chi connectivity index (χ4v) is 2.70. The number of hydrogen-bond acceptors (Lipinski definition) is 6. The van der Waals surface area contributed by atoms with Gasteiger partial charge < -0.3 is 21.0 Å². The van der Waals surface area contributed by atoms with Crippen molar-refractivity contribution in [1.29, 1.82) is 0 Å². The summed E-state index contributed by atoms with van der Waals surface area (Å²) in [5.41, 5.74) is 15.0. The molecule has 0 spiro atoms. The van der Waals surface area contributed by atoms with Crippen LogP contribution in [0.15, 0.2) is 58.2 Å². The van der Waals surface area contributed by atoms with Crippen LogP contribution in [0.1, 0.15) is 0 Å². The highest BCUT2D eigenvalue weighted by atomic mass is 32.2. The highest BCUT2D eigenvalue weighted by Crippen LogP contribution is 2.36. The number of oxazole rings is 1. The maximum Gasteiger partial charge on any atom is 0.314 e. The highest BCUT2D eigenvalue weighted by molar-refractivity contribution is 7.99. The van der Waals surface area contributed by atoms with Crippen LogP contribution in [-0.2, 0) is 4.79 Å². The number of aliphatic carboxylic acids is 1. The first-order chi connectivity index (χ1) is 11.5. The summed E-state index contributed by atoms with van der Waals surface area (Å²) >= 11 is 1.03. The van der Waals surface area contributed by atoms with Crippen molar-refractivity contribution >= 4 is 29.1 Å². The summed E-state index contributed by atoms with van der Waals surface area (Å²) in [6.45, 7) is 0. The van der Waals surface area contributed by atoms with Crippen molar-refractivity contribution in [1.82, 2.24) is 4.98 Å². The Bertz CT molecular complexity index is 795. The summed E-state index contributed by atoms with van der Waals surface area (Å²) < 4.78 is 5.79. The van der Waals surface area contributed by atoms with E-state index in [1.807, 2.05) is 24.3 Å². The van der Waals surface area contributed by atoms with Crippen LogP contribution in [0.2, 0.25) is 0 Å². The smallest absolute Gasteiger partial charge is 0.314 e. The van der Waals surface area contributed by atoms with Gasteiger partial charge in [0.15, 0.2) is 5.76 Å². The van der Waals surface area contributed by atoms with E-state index in [2.05, 4.69) is 4.98 Å². The molecule has 0 bridgehead atoms. The highest BCUT2D eigenvalue weighted by Gasteiger charge is 2.18. The van der Waals surface area contributed by atoms with Crippen LogP contribution in [0.25, 0.3) is 22.6 Å². The van der Waals surface area contributed by atoms with Crippen LogP contribution in [0.5, 0.6) is 0 Å². The molecule has 24 heavy (non-hydrogen) atoms. The van der Waals surface area contributed by atoms with Crippen molar-refractivity contribution in [2.45, 2.75) is 5.22 Å². The van der Waals surface area contributed by atoms with Crippen LogP contribution in [0.3, 0.4) is 0 Å². The maximum absolute atomic E-state index is 10.8. The van der Waals surface area contributed by atoms with Gasteiger partial charge in [-0.05, 0) is 36.4 Å². The van der Waals surface area contributed by atoms with E-state index in [4.69, 9.17) is 21.0 Å². The number of carbonyl (C=O) groups is 1. The number of benzene rings is 2. The fourth-order valence-electron chi connectivity index (χ4n) is 2.15. The third-order valence-corrected chi connectivity index (χ3v) is 4.10. The molecule has 2 aromatic carbocycles. The second kappa shape index (κ2) is 6.67. The molecular formula is C17H15N3O3S. The lowest BCUT2D eigenvalue weighted by atomic mass is 10.1. The molecule has 0 amide bonds. The summed E-state index contributed by atoms with van der Waals surface area (Å²) in [5, 5.41) is 9.13. The fraction of sp³-hybridized carbons (Fsp3) is 0.0588. The Balaban J connectivity index is 2.05. The minimum atomic E-state index is -0.929. The average Bonchev–Trinajstić information content (AvgIpc) is 2.98. The number of thioether (sulfide) groups is 1. The summed E-state index contributed by atoms with van der Waals surface area (Å²) in [7, 11) is 0. The third-order valence-electron chi connectivity index (χ3n) is 3.28. The quantitative estimate of drug-likeness (QED) is 0.481. The molecule has 0 saturated heterocycles. The van der Waals surface area contributed by atoms with Gasteiger partial charge in [-0.25, -0.2) is 4.98 Å². The number of anilines is 2. The topological polar surface area (TPSA) is 115 Å². The van der Waals surface area contributed by atoms with Gasteiger partial charge in [0, 0.05) is 22.5 Å². The Morgan fingerprint density at radius 2 is 1.54 bits per heavy atom. The number of hydrogen-bond donors (Lipinski definition) is 3. The molecule has 7 heteroatoms. The largest absolute Gasteiger partial charge is 0.481 e. The van der Waals surface area contributed by atoms with Crippen molar-refractivity contribution in [3.63, 3.8) is 0 Å². The Hall–Kier alpha value is -2.93. The molecule has 0 aliphatic rings. The number of carboxylic acids is 1. The Kier molecular flexibility index (Phi) is 4.43. The number of aromatic nitrogens is 1. The molecule has 0 radical (unpaired) electrons. The molecule has 122 valence electrons. The Labute approximate surface area is 142 Å². The van der Waals surface area contributed by atoms with Crippen LogP contribution in [0, 0.1) is 0 Å². The molecule has 5 N–H and O–H groups in total. The van der Waals surface area contributed by atoms with E-state index in [-0.39, 0.29) is 5.75 Å².